The highest BCUT2D eigenvalue weighted by atomic mass is 32.2. The summed E-state index contributed by atoms with van der Waals surface area (Å²) in [5.74, 6) is 1.46. The lowest BCUT2D eigenvalue weighted by Crippen LogP contribution is -2.14. The Hall–Kier alpha value is -3.32. The number of thioether (sulfide) groups is 1. The fourth-order valence-corrected chi connectivity index (χ4v) is 3.63. The first-order chi connectivity index (χ1) is 13.7. The minimum atomic E-state index is -0.129. The summed E-state index contributed by atoms with van der Waals surface area (Å²) >= 11 is 1.37. The van der Waals surface area contributed by atoms with Crippen molar-refractivity contribution in [3.05, 3.63) is 66.9 Å². The number of H-pyrrole nitrogens is 1. The molecule has 4 rings (SSSR count). The number of aromatic amines is 1. The molecule has 2 aromatic carbocycles. The molecule has 140 valence electrons. The molecule has 0 unspecified atom stereocenters. The molecule has 2 N–H and O–H groups in total. The normalized spacial score (nSPS) is 10.8. The molecule has 0 aliphatic carbocycles. The van der Waals surface area contributed by atoms with E-state index in [1.165, 1.54) is 11.8 Å². The van der Waals surface area contributed by atoms with Gasteiger partial charge in [0, 0.05) is 11.8 Å². The number of hydrogen-bond donors (Lipinski definition) is 2. The van der Waals surface area contributed by atoms with Gasteiger partial charge in [0.2, 0.25) is 5.91 Å². The summed E-state index contributed by atoms with van der Waals surface area (Å²) in [6.07, 6.45) is 1.71. The molecule has 28 heavy (non-hydrogen) atoms. The summed E-state index contributed by atoms with van der Waals surface area (Å²) in [6, 6.07) is 19.0. The third-order valence-corrected chi connectivity index (χ3v) is 5.14. The van der Waals surface area contributed by atoms with Crippen molar-refractivity contribution in [1.82, 2.24) is 15.0 Å². The van der Waals surface area contributed by atoms with Gasteiger partial charge in [-0.3, -0.25) is 4.79 Å². The van der Waals surface area contributed by atoms with E-state index >= 15 is 0 Å². The molecule has 6 nitrogen and oxygen atoms in total. The van der Waals surface area contributed by atoms with Gasteiger partial charge < -0.3 is 15.0 Å². The van der Waals surface area contributed by atoms with Crippen molar-refractivity contribution in [2.75, 3.05) is 18.2 Å². The number of amides is 1. The Bertz CT molecular complexity index is 1090. The van der Waals surface area contributed by atoms with Gasteiger partial charge in [-0.2, -0.15) is 0 Å². The molecule has 2 aromatic heterocycles. The highest BCUT2D eigenvalue weighted by molar-refractivity contribution is 8.00. The molecule has 1 amide bonds. The number of fused-ring (bicyclic) bond motifs is 1. The van der Waals surface area contributed by atoms with Crippen LogP contribution in [-0.4, -0.2) is 33.7 Å². The van der Waals surface area contributed by atoms with Crippen molar-refractivity contribution in [3.8, 4) is 17.1 Å². The van der Waals surface area contributed by atoms with Crippen LogP contribution in [0.2, 0.25) is 0 Å². The zero-order valence-electron chi connectivity index (χ0n) is 15.2. The largest absolute Gasteiger partial charge is 0.495 e. The molecule has 0 aliphatic heterocycles. The average molecular weight is 390 g/mol. The first-order valence-electron chi connectivity index (χ1n) is 8.70. The minimum Gasteiger partial charge on any atom is -0.495 e. The Labute approximate surface area is 166 Å². The molecule has 0 bridgehead atoms. The SMILES string of the molecule is COc1ccccc1NC(=O)CSc1ncccc1-c1nc2ccccc2[nH]1. The van der Waals surface area contributed by atoms with E-state index in [4.69, 9.17) is 4.74 Å². The average Bonchev–Trinajstić information content (AvgIpc) is 3.17. The highest BCUT2D eigenvalue weighted by Gasteiger charge is 2.13. The molecule has 0 spiro atoms. The van der Waals surface area contributed by atoms with Crippen LogP contribution in [0.5, 0.6) is 5.75 Å². The number of methoxy groups -OCH3 is 1. The third kappa shape index (κ3) is 3.84. The first kappa shape index (κ1) is 18.1. The number of carbonyl (C=O) groups excluding carboxylic acids is 1. The van der Waals surface area contributed by atoms with Crippen LogP contribution in [0.15, 0.2) is 71.9 Å². The van der Waals surface area contributed by atoms with Gasteiger partial charge in [-0.15, -0.1) is 0 Å². The lowest BCUT2D eigenvalue weighted by atomic mass is 10.3. The summed E-state index contributed by atoms with van der Waals surface area (Å²) in [7, 11) is 1.58. The van der Waals surface area contributed by atoms with Gasteiger partial charge in [0.25, 0.3) is 0 Å². The van der Waals surface area contributed by atoms with Crippen molar-refractivity contribution in [1.29, 1.82) is 0 Å². The number of imidazole rings is 1. The van der Waals surface area contributed by atoms with Gasteiger partial charge in [-0.25, -0.2) is 9.97 Å². The van der Waals surface area contributed by atoms with Crippen LogP contribution in [0.3, 0.4) is 0 Å². The monoisotopic (exact) mass is 390 g/mol. The van der Waals surface area contributed by atoms with Crippen LogP contribution < -0.4 is 10.1 Å². The van der Waals surface area contributed by atoms with Gasteiger partial charge in [0.15, 0.2) is 0 Å². The molecule has 7 heteroatoms. The molecule has 0 radical (unpaired) electrons. The van der Waals surface area contributed by atoms with E-state index in [9.17, 15) is 4.79 Å². The molecule has 0 aliphatic rings. The molecule has 2 heterocycles. The third-order valence-electron chi connectivity index (χ3n) is 4.14. The molecule has 4 aromatic rings. The fraction of sp³-hybridized carbons (Fsp3) is 0.0952. The maximum absolute atomic E-state index is 12.4. The Kier molecular flexibility index (Phi) is 5.25. The van der Waals surface area contributed by atoms with E-state index in [1.807, 2.05) is 54.6 Å². The lowest BCUT2D eigenvalue weighted by Gasteiger charge is -2.10. The Morgan fingerprint density at radius 2 is 1.93 bits per heavy atom. The summed E-state index contributed by atoms with van der Waals surface area (Å²) in [4.78, 5) is 24.8. The van der Waals surface area contributed by atoms with Gasteiger partial charge in [0.05, 0.1) is 29.6 Å². The van der Waals surface area contributed by atoms with E-state index in [2.05, 4.69) is 20.3 Å². The number of ether oxygens (including phenoxy) is 1. The van der Waals surface area contributed by atoms with E-state index in [1.54, 1.807) is 19.4 Å². The van der Waals surface area contributed by atoms with Gasteiger partial charge in [-0.05, 0) is 36.4 Å². The number of aromatic nitrogens is 3. The zero-order chi connectivity index (χ0) is 19.3. The fourth-order valence-electron chi connectivity index (χ4n) is 2.83. The molecule has 0 saturated carbocycles. The summed E-state index contributed by atoms with van der Waals surface area (Å²) in [6.45, 7) is 0. The Balaban J connectivity index is 1.50. The second-order valence-electron chi connectivity index (χ2n) is 6.00. The second-order valence-corrected chi connectivity index (χ2v) is 6.96. The smallest absolute Gasteiger partial charge is 0.234 e. The van der Waals surface area contributed by atoms with Crippen molar-refractivity contribution in [3.63, 3.8) is 0 Å². The number of pyridine rings is 1. The van der Waals surface area contributed by atoms with Crippen LogP contribution in [0.4, 0.5) is 5.69 Å². The predicted molar refractivity (Wildman–Crippen MR) is 112 cm³/mol. The van der Waals surface area contributed by atoms with E-state index < -0.39 is 0 Å². The molecule has 0 saturated heterocycles. The number of para-hydroxylation sites is 4. The van der Waals surface area contributed by atoms with Crippen LogP contribution >= 0.6 is 11.8 Å². The Morgan fingerprint density at radius 3 is 2.79 bits per heavy atom. The summed E-state index contributed by atoms with van der Waals surface area (Å²) < 4.78 is 5.27. The summed E-state index contributed by atoms with van der Waals surface area (Å²) in [5, 5.41) is 3.62. The maximum Gasteiger partial charge on any atom is 0.234 e. The number of anilines is 1. The minimum absolute atomic E-state index is 0.129. The second kappa shape index (κ2) is 8.14. The first-order valence-corrected chi connectivity index (χ1v) is 9.69. The quantitative estimate of drug-likeness (QED) is 0.478. The van der Waals surface area contributed by atoms with Crippen molar-refractivity contribution in [2.24, 2.45) is 0 Å². The van der Waals surface area contributed by atoms with Crippen LogP contribution in [0.1, 0.15) is 0 Å². The number of nitrogens with zero attached hydrogens (tertiary/aromatic N) is 2. The van der Waals surface area contributed by atoms with Crippen LogP contribution in [0, 0.1) is 0 Å². The molecular formula is C21H18N4O2S. The molecule has 0 atom stereocenters. The van der Waals surface area contributed by atoms with Crippen molar-refractivity contribution in [2.45, 2.75) is 5.03 Å². The number of nitrogens with one attached hydrogen (secondary N) is 2. The van der Waals surface area contributed by atoms with Gasteiger partial charge in [0.1, 0.15) is 16.6 Å². The van der Waals surface area contributed by atoms with E-state index in [0.29, 0.717) is 11.4 Å². The Morgan fingerprint density at radius 1 is 1.11 bits per heavy atom. The molecular weight excluding hydrogens is 372 g/mol. The van der Waals surface area contributed by atoms with Crippen molar-refractivity contribution >= 4 is 34.4 Å². The standard InChI is InChI=1S/C21H18N4O2S/c1-27-18-11-5-4-10-17(18)23-19(26)13-28-21-14(7-6-12-22-21)20-24-15-8-2-3-9-16(15)25-20/h2-12H,13H2,1H3,(H,23,26)(H,24,25). The highest BCUT2D eigenvalue weighted by Crippen LogP contribution is 2.29. The van der Waals surface area contributed by atoms with Crippen molar-refractivity contribution < 1.29 is 9.53 Å². The number of rotatable bonds is 6. The van der Waals surface area contributed by atoms with E-state index in [0.717, 1.165) is 27.4 Å². The predicted octanol–water partition coefficient (Wildman–Crippen LogP) is 4.36. The molecule has 0 fully saturated rings. The van der Waals surface area contributed by atoms with E-state index in [-0.39, 0.29) is 11.7 Å². The number of benzene rings is 2. The number of carbonyl (C=O) groups is 1. The maximum atomic E-state index is 12.4. The zero-order valence-corrected chi connectivity index (χ0v) is 16.0. The lowest BCUT2D eigenvalue weighted by molar-refractivity contribution is -0.113. The van der Waals surface area contributed by atoms with Crippen LogP contribution in [0.25, 0.3) is 22.4 Å². The topological polar surface area (TPSA) is 79.9 Å². The van der Waals surface area contributed by atoms with Crippen LogP contribution in [-0.2, 0) is 4.79 Å². The summed E-state index contributed by atoms with van der Waals surface area (Å²) in [5.41, 5.74) is 3.38. The number of hydrogen-bond acceptors (Lipinski definition) is 5. The van der Waals surface area contributed by atoms with Gasteiger partial charge in [-0.1, -0.05) is 36.0 Å². The van der Waals surface area contributed by atoms with Gasteiger partial charge >= 0.3 is 0 Å².